The van der Waals surface area contributed by atoms with Crippen LogP contribution in [0.5, 0.6) is 0 Å². The van der Waals surface area contributed by atoms with Crippen LogP contribution in [-0.4, -0.2) is 11.5 Å². The van der Waals surface area contributed by atoms with Crippen LogP contribution in [0, 0.1) is 13.8 Å². The van der Waals surface area contributed by atoms with Gasteiger partial charge < -0.3 is 5.32 Å². The highest BCUT2D eigenvalue weighted by Gasteiger charge is 2.13. The van der Waals surface area contributed by atoms with E-state index in [9.17, 15) is 0 Å². The van der Waals surface area contributed by atoms with Crippen molar-refractivity contribution in [2.45, 2.75) is 26.8 Å². The highest BCUT2D eigenvalue weighted by atomic mass is 14.9. The smallest absolute Gasteiger partial charge is 0.0577 e. The van der Waals surface area contributed by atoms with Gasteiger partial charge in [0.1, 0.15) is 0 Å². The van der Waals surface area contributed by atoms with Crippen molar-refractivity contribution in [1.82, 2.24) is 10.3 Å². The summed E-state index contributed by atoms with van der Waals surface area (Å²) >= 11 is 0. The van der Waals surface area contributed by atoms with Crippen LogP contribution in [0.25, 0.3) is 0 Å². The molecule has 1 aromatic heterocycles. The van der Waals surface area contributed by atoms with Crippen LogP contribution in [0.3, 0.4) is 0 Å². The molecule has 0 fully saturated rings. The van der Waals surface area contributed by atoms with Gasteiger partial charge in [-0.2, -0.15) is 0 Å². The van der Waals surface area contributed by atoms with Gasteiger partial charge in [-0.1, -0.05) is 36.2 Å². The fraction of sp³-hybridized carbons (Fsp3) is 0.312. The summed E-state index contributed by atoms with van der Waals surface area (Å²) in [6, 6.07) is 11.1. The first-order valence-corrected chi connectivity index (χ1v) is 6.42. The van der Waals surface area contributed by atoms with Crippen molar-refractivity contribution < 1.29 is 0 Å². The van der Waals surface area contributed by atoms with Crippen LogP contribution in [0.1, 0.15) is 35.2 Å². The Kier molecular flexibility index (Phi) is 4.11. The molecule has 0 aliphatic heterocycles. The van der Waals surface area contributed by atoms with Gasteiger partial charge in [-0.15, -0.1) is 0 Å². The van der Waals surface area contributed by atoms with Crippen LogP contribution in [0.4, 0.5) is 0 Å². The van der Waals surface area contributed by atoms with Crippen molar-refractivity contribution in [1.29, 1.82) is 0 Å². The summed E-state index contributed by atoms with van der Waals surface area (Å²) in [5.41, 5.74) is 5.20. The first-order valence-electron chi connectivity index (χ1n) is 6.42. The summed E-state index contributed by atoms with van der Waals surface area (Å²) in [6.07, 6.45) is 3.70. The molecular formula is C16H20N2. The molecule has 1 aromatic carbocycles. The van der Waals surface area contributed by atoms with Crippen LogP contribution < -0.4 is 5.32 Å². The molecule has 0 amide bonds. The molecule has 1 atom stereocenters. The molecule has 0 bridgehead atoms. The second-order valence-electron chi connectivity index (χ2n) is 4.69. The molecule has 2 heteroatoms. The van der Waals surface area contributed by atoms with Gasteiger partial charge in [-0.3, -0.25) is 4.98 Å². The molecule has 1 unspecified atom stereocenters. The van der Waals surface area contributed by atoms with Crippen molar-refractivity contribution >= 4 is 0 Å². The minimum Gasteiger partial charge on any atom is -0.307 e. The molecule has 0 saturated carbocycles. The van der Waals surface area contributed by atoms with E-state index in [4.69, 9.17) is 0 Å². The van der Waals surface area contributed by atoms with Gasteiger partial charge in [-0.25, -0.2) is 0 Å². The summed E-state index contributed by atoms with van der Waals surface area (Å²) in [5.74, 6) is 0. The number of aromatic nitrogens is 1. The van der Waals surface area contributed by atoms with Gasteiger partial charge in [0.2, 0.25) is 0 Å². The molecule has 0 aliphatic rings. The van der Waals surface area contributed by atoms with Gasteiger partial charge in [0.25, 0.3) is 0 Å². The third-order valence-electron chi connectivity index (χ3n) is 3.03. The molecule has 94 valence electrons. The zero-order chi connectivity index (χ0) is 13.0. The minimum absolute atomic E-state index is 0.247. The SMILES string of the molecule is CCNC(c1ccncc1)c1cc(C)cc(C)c1. The van der Waals surface area contributed by atoms with Crippen molar-refractivity contribution in [2.75, 3.05) is 6.54 Å². The molecule has 0 saturated heterocycles. The van der Waals surface area contributed by atoms with E-state index in [2.05, 4.69) is 61.4 Å². The van der Waals surface area contributed by atoms with Crippen molar-refractivity contribution in [3.8, 4) is 0 Å². The number of aryl methyl sites for hydroxylation is 2. The lowest BCUT2D eigenvalue weighted by atomic mass is 9.96. The largest absolute Gasteiger partial charge is 0.307 e. The van der Waals surface area contributed by atoms with E-state index in [1.807, 2.05) is 12.4 Å². The Balaban J connectivity index is 2.41. The summed E-state index contributed by atoms with van der Waals surface area (Å²) in [7, 11) is 0. The number of hydrogen-bond donors (Lipinski definition) is 1. The van der Waals surface area contributed by atoms with Crippen LogP contribution in [0.15, 0.2) is 42.7 Å². The lowest BCUT2D eigenvalue weighted by molar-refractivity contribution is 0.629. The van der Waals surface area contributed by atoms with Gasteiger partial charge >= 0.3 is 0 Å². The zero-order valence-corrected chi connectivity index (χ0v) is 11.3. The monoisotopic (exact) mass is 240 g/mol. The molecular weight excluding hydrogens is 220 g/mol. The lowest BCUT2D eigenvalue weighted by Gasteiger charge is -2.20. The highest BCUT2D eigenvalue weighted by Crippen LogP contribution is 2.23. The molecule has 2 nitrogen and oxygen atoms in total. The molecule has 0 aliphatic carbocycles. The third kappa shape index (κ3) is 2.96. The fourth-order valence-corrected chi connectivity index (χ4v) is 2.36. The van der Waals surface area contributed by atoms with Gasteiger partial charge in [0, 0.05) is 12.4 Å². The fourth-order valence-electron chi connectivity index (χ4n) is 2.36. The normalized spacial score (nSPS) is 12.4. The number of benzene rings is 1. The van der Waals surface area contributed by atoms with Gasteiger partial charge in [0.05, 0.1) is 6.04 Å². The molecule has 18 heavy (non-hydrogen) atoms. The van der Waals surface area contributed by atoms with Crippen LogP contribution in [-0.2, 0) is 0 Å². The first kappa shape index (κ1) is 12.8. The Morgan fingerprint density at radius 1 is 1.00 bits per heavy atom. The lowest BCUT2D eigenvalue weighted by Crippen LogP contribution is -2.22. The minimum atomic E-state index is 0.247. The molecule has 2 aromatic rings. The van der Waals surface area contributed by atoms with E-state index in [-0.39, 0.29) is 6.04 Å². The van der Waals surface area contributed by atoms with Gasteiger partial charge in [0.15, 0.2) is 0 Å². The maximum atomic E-state index is 4.09. The molecule has 0 spiro atoms. The quantitative estimate of drug-likeness (QED) is 0.886. The van der Waals surface area contributed by atoms with E-state index in [0.29, 0.717) is 0 Å². The first-order chi connectivity index (χ1) is 8.70. The summed E-state index contributed by atoms with van der Waals surface area (Å²) in [5, 5.41) is 3.54. The van der Waals surface area contributed by atoms with Crippen LogP contribution in [0.2, 0.25) is 0 Å². The molecule has 2 rings (SSSR count). The van der Waals surface area contributed by atoms with Crippen molar-refractivity contribution in [3.63, 3.8) is 0 Å². The predicted molar refractivity (Wildman–Crippen MR) is 75.7 cm³/mol. The number of nitrogens with zero attached hydrogens (tertiary/aromatic N) is 1. The summed E-state index contributed by atoms with van der Waals surface area (Å²) < 4.78 is 0. The number of nitrogens with one attached hydrogen (secondary N) is 1. The van der Waals surface area contributed by atoms with Crippen molar-refractivity contribution in [3.05, 3.63) is 65.0 Å². The summed E-state index contributed by atoms with van der Waals surface area (Å²) in [4.78, 5) is 4.09. The average molecular weight is 240 g/mol. The van der Waals surface area contributed by atoms with E-state index in [1.54, 1.807) is 0 Å². The van der Waals surface area contributed by atoms with Crippen molar-refractivity contribution in [2.24, 2.45) is 0 Å². The summed E-state index contributed by atoms with van der Waals surface area (Å²) in [6.45, 7) is 7.37. The second kappa shape index (κ2) is 5.78. The maximum Gasteiger partial charge on any atom is 0.0577 e. The zero-order valence-electron chi connectivity index (χ0n) is 11.3. The average Bonchev–Trinajstić information content (AvgIpc) is 2.36. The third-order valence-corrected chi connectivity index (χ3v) is 3.03. The van der Waals surface area contributed by atoms with E-state index < -0.39 is 0 Å². The number of hydrogen-bond acceptors (Lipinski definition) is 2. The Bertz CT molecular complexity index is 486. The maximum absolute atomic E-state index is 4.09. The highest BCUT2D eigenvalue weighted by molar-refractivity contribution is 5.36. The molecule has 1 heterocycles. The van der Waals surface area contributed by atoms with Gasteiger partial charge in [-0.05, 0) is 43.7 Å². The Morgan fingerprint density at radius 2 is 1.61 bits per heavy atom. The van der Waals surface area contributed by atoms with E-state index in [0.717, 1.165) is 6.54 Å². The predicted octanol–water partition coefficient (Wildman–Crippen LogP) is 3.40. The Hall–Kier alpha value is -1.67. The standard InChI is InChI=1S/C16H20N2/c1-4-18-16(14-5-7-17-8-6-14)15-10-12(2)9-13(3)11-15/h5-11,16,18H,4H2,1-3H3. The number of pyridine rings is 1. The molecule has 0 radical (unpaired) electrons. The number of rotatable bonds is 4. The second-order valence-corrected chi connectivity index (χ2v) is 4.69. The Morgan fingerprint density at radius 3 is 2.17 bits per heavy atom. The van der Waals surface area contributed by atoms with Crippen LogP contribution >= 0.6 is 0 Å². The Labute approximate surface area is 109 Å². The molecule has 1 N–H and O–H groups in total. The van der Waals surface area contributed by atoms with E-state index in [1.165, 1.54) is 22.3 Å². The van der Waals surface area contributed by atoms with E-state index >= 15 is 0 Å². The topological polar surface area (TPSA) is 24.9 Å².